The van der Waals surface area contributed by atoms with Crippen LogP contribution in [0.25, 0.3) is 0 Å². The third-order valence-electron chi connectivity index (χ3n) is 5.11. The van der Waals surface area contributed by atoms with Gasteiger partial charge in [0.2, 0.25) is 10.0 Å². The van der Waals surface area contributed by atoms with E-state index in [0.717, 1.165) is 32.5 Å². The fourth-order valence-corrected chi connectivity index (χ4v) is 4.67. The number of likely N-dealkylation sites (tertiary alicyclic amines) is 1. The minimum Gasteiger partial charge on any atom is -0.372 e. The van der Waals surface area contributed by atoms with E-state index in [4.69, 9.17) is 4.74 Å². The summed E-state index contributed by atoms with van der Waals surface area (Å²) in [6, 6.07) is 9.08. The molecule has 1 aromatic rings. The van der Waals surface area contributed by atoms with Gasteiger partial charge in [0.05, 0.1) is 10.5 Å². The topological polar surface area (TPSA) is 58.6 Å². The van der Waals surface area contributed by atoms with Crippen molar-refractivity contribution in [3.63, 3.8) is 0 Å². The van der Waals surface area contributed by atoms with Crippen molar-refractivity contribution in [1.82, 2.24) is 9.62 Å². The van der Waals surface area contributed by atoms with Gasteiger partial charge in [-0.05, 0) is 44.7 Å². The second-order valence-electron chi connectivity index (χ2n) is 6.90. The Morgan fingerprint density at radius 1 is 1.30 bits per heavy atom. The summed E-state index contributed by atoms with van der Waals surface area (Å²) in [6.07, 6.45) is 1.86. The van der Waals surface area contributed by atoms with Crippen molar-refractivity contribution >= 4 is 10.0 Å². The fraction of sp³-hybridized carbons (Fsp3) is 0.647. The Hall–Kier alpha value is -0.950. The minimum absolute atomic E-state index is 0.0392. The third kappa shape index (κ3) is 3.45. The molecule has 0 aromatic heterocycles. The molecule has 2 aliphatic heterocycles. The van der Waals surface area contributed by atoms with Crippen LogP contribution in [0.1, 0.15) is 26.7 Å². The van der Waals surface area contributed by atoms with Crippen LogP contribution >= 0.6 is 0 Å². The van der Waals surface area contributed by atoms with Crippen molar-refractivity contribution < 1.29 is 13.2 Å². The molecular weight excluding hydrogens is 312 g/mol. The summed E-state index contributed by atoms with van der Waals surface area (Å²) in [4.78, 5) is 2.74. The zero-order valence-electron chi connectivity index (χ0n) is 13.9. The summed E-state index contributed by atoms with van der Waals surface area (Å²) >= 11 is 0. The number of nitrogens with zero attached hydrogens (tertiary/aromatic N) is 1. The van der Waals surface area contributed by atoms with E-state index >= 15 is 0 Å². The van der Waals surface area contributed by atoms with Crippen LogP contribution in [0.5, 0.6) is 0 Å². The number of ether oxygens (including phenoxy) is 1. The van der Waals surface area contributed by atoms with Gasteiger partial charge >= 0.3 is 0 Å². The highest BCUT2D eigenvalue weighted by atomic mass is 32.2. The van der Waals surface area contributed by atoms with Gasteiger partial charge in [-0.2, -0.15) is 0 Å². The van der Waals surface area contributed by atoms with Crippen LogP contribution in [-0.4, -0.2) is 51.2 Å². The minimum atomic E-state index is -3.40. The summed E-state index contributed by atoms with van der Waals surface area (Å²) in [6.45, 7) is 7.61. The molecule has 1 atom stereocenters. The highest BCUT2D eigenvalue weighted by molar-refractivity contribution is 7.89. The van der Waals surface area contributed by atoms with E-state index in [-0.39, 0.29) is 5.60 Å². The van der Waals surface area contributed by atoms with E-state index in [0.29, 0.717) is 23.4 Å². The molecule has 3 rings (SSSR count). The molecule has 0 bridgehead atoms. The van der Waals surface area contributed by atoms with Gasteiger partial charge in [0.1, 0.15) is 0 Å². The van der Waals surface area contributed by atoms with E-state index in [9.17, 15) is 8.42 Å². The molecule has 0 amide bonds. The van der Waals surface area contributed by atoms with Crippen molar-refractivity contribution in [2.75, 3.05) is 26.2 Å². The molecule has 5 nitrogen and oxygen atoms in total. The van der Waals surface area contributed by atoms with Crippen molar-refractivity contribution in [2.24, 2.45) is 5.92 Å². The normalized spacial score (nSPS) is 24.2. The average Bonchev–Trinajstić information content (AvgIpc) is 2.90. The Morgan fingerprint density at radius 2 is 2.00 bits per heavy atom. The van der Waals surface area contributed by atoms with E-state index in [1.165, 1.54) is 0 Å². The van der Waals surface area contributed by atoms with Gasteiger partial charge in [-0.3, -0.25) is 4.90 Å². The summed E-state index contributed by atoms with van der Waals surface area (Å²) in [5.74, 6) is 0.441. The maximum atomic E-state index is 12.2. The molecule has 1 N–H and O–H groups in total. The summed E-state index contributed by atoms with van der Waals surface area (Å²) in [5.41, 5.74) is -0.0392. The lowest BCUT2D eigenvalue weighted by Gasteiger charge is -2.52. The lowest BCUT2D eigenvalue weighted by molar-refractivity contribution is -0.143. The van der Waals surface area contributed by atoms with Gasteiger partial charge in [0.15, 0.2) is 0 Å². The first-order valence-electron chi connectivity index (χ1n) is 8.36. The van der Waals surface area contributed by atoms with Crippen molar-refractivity contribution in [1.29, 1.82) is 0 Å². The van der Waals surface area contributed by atoms with Crippen LogP contribution in [0.4, 0.5) is 0 Å². The molecule has 1 spiro atoms. The molecule has 128 valence electrons. The molecule has 0 unspecified atom stereocenters. The quantitative estimate of drug-likeness (QED) is 0.860. The van der Waals surface area contributed by atoms with E-state index in [2.05, 4.69) is 23.5 Å². The van der Waals surface area contributed by atoms with E-state index in [1.807, 2.05) is 6.07 Å². The van der Waals surface area contributed by atoms with Crippen LogP contribution < -0.4 is 4.72 Å². The van der Waals surface area contributed by atoms with Gasteiger partial charge in [0.25, 0.3) is 0 Å². The highest BCUT2D eigenvalue weighted by Gasteiger charge is 2.52. The van der Waals surface area contributed by atoms with Crippen LogP contribution in [0.2, 0.25) is 0 Å². The smallest absolute Gasteiger partial charge is 0.240 e. The molecular formula is C17H26N2O3S. The maximum Gasteiger partial charge on any atom is 0.240 e. The predicted octanol–water partition coefficient (Wildman–Crippen LogP) is 1.85. The first kappa shape index (κ1) is 16.9. The first-order chi connectivity index (χ1) is 10.9. The molecule has 0 radical (unpaired) electrons. The molecule has 1 aromatic carbocycles. The summed E-state index contributed by atoms with van der Waals surface area (Å²) in [5, 5.41) is 0. The van der Waals surface area contributed by atoms with Gasteiger partial charge in [0, 0.05) is 32.3 Å². The standard InChI is InChI=1S/C17H26N2O3S/c1-14(2)19-12-17(13-19)15(9-11-22-17)8-10-18-23(20,21)16-6-4-3-5-7-16/h3-7,14-15,18H,8-13H2,1-2H3/t15-/m0/s1. The zero-order valence-corrected chi connectivity index (χ0v) is 14.7. The first-order valence-corrected chi connectivity index (χ1v) is 9.84. The number of hydrogen-bond acceptors (Lipinski definition) is 4. The Labute approximate surface area is 139 Å². The molecule has 0 saturated carbocycles. The number of rotatable bonds is 6. The SMILES string of the molecule is CC(C)N1CC2(C1)OCC[C@@H]2CCNS(=O)(=O)c1ccccc1. The maximum absolute atomic E-state index is 12.2. The molecule has 2 saturated heterocycles. The largest absolute Gasteiger partial charge is 0.372 e. The molecule has 2 fully saturated rings. The highest BCUT2D eigenvalue weighted by Crippen LogP contribution is 2.42. The van der Waals surface area contributed by atoms with Crippen LogP contribution in [0.15, 0.2) is 35.2 Å². The van der Waals surface area contributed by atoms with E-state index in [1.54, 1.807) is 24.3 Å². The molecule has 2 aliphatic rings. The van der Waals surface area contributed by atoms with Crippen LogP contribution in [0.3, 0.4) is 0 Å². The second kappa shape index (κ2) is 6.51. The monoisotopic (exact) mass is 338 g/mol. The molecule has 2 heterocycles. The fourth-order valence-electron chi connectivity index (χ4n) is 3.60. The lowest BCUT2D eigenvalue weighted by Crippen LogP contribution is -2.66. The van der Waals surface area contributed by atoms with Gasteiger partial charge in [-0.1, -0.05) is 18.2 Å². The van der Waals surface area contributed by atoms with E-state index < -0.39 is 10.0 Å². The Bertz CT molecular complexity index is 624. The van der Waals surface area contributed by atoms with Crippen LogP contribution in [-0.2, 0) is 14.8 Å². The Morgan fingerprint density at radius 3 is 2.65 bits per heavy atom. The summed E-state index contributed by atoms with van der Waals surface area (Å²) in [7, 11) is -3.40. The zero-order chi connectivity index (χ0) is 16.5. The average molecular weight is 338 g/mol. The molecule has 23 heavy (non-hydrogen) atoms. The Balaban J connectivity index is 1.53. The Kier molecular flexibility index (Phi) is 4.78. The third-order valence-corrected chi connectivity index (χ3v) is 6.59. The molecule has 6 heteroatoms. The van der Waals surface area contributed by atoms with Crippen molar-refractivity contribution in [3.05, 3.63) is 30.3 Å². The number of sulfonamides is 1. The number of benzene rings is 1. The van der Waals surface area contributed by atoms with Crippen molar-refractivity contribution in [2.45, 2.75) is 43.2 Å². The lowest BCUT2D eigenvalue weighted by atomic mass is 9.78. The predicted molar refractivity (Wildman–Crippen MR) is 89.7 cm³/mol. The van der Waals surface area contributed by atoms with Gasteiger partial charge in [-0.25, -0.2) is 13.1 Å². The van der Waals surface area contributed by atoms with Gasteiger partial charge < -0.3 is 4.74 Å². The molecule has 0 aliphatic carbocycles. The second-order valence-corrected chi connectivity index (χ2v) is 8.66. The van der Waals surface area contributed by atoms with Crippen LogP contribution in [0, 0.1) is 5.92 Å². The number of nitrogens with one attached hydrogen (secondary N) is 1. The number of hydrogen-bond donors (Lipinski definition) is 1. The van der Waals surface area contributed by atoms with Crippen molar-refractivity contribution in [3.8, 4) is 0 Å². The summed E-state index contributed by atoms with van der Waals surface area (Å²) < 4.78 is 33.2. The van der Waals surface area contributed by atoms with Gasteiger partial charge in [-0.15, -0.1) is 0 Å².